The van der Waals surface area contributed by atoms with Gasteiger partial charge in [0, 0.05) is 18.2 Å². The Bertz CT molecular complexity index is 743. The summed E-state index contributed by atoms with van der Waals surface area (Å²) in [6.07, 6.45) is 2.57. The molecule has 7 heteroatoms. The number of rotatable bonds is 5. The summed E-state index contributed by atoms with van der Waals surface area (Å²) in [6, 6.07) is 10.1. The zero-order chi connectivity index (χ0) is 17.8. The van der Waals surface area contributed by atoms with Crippen molar-refractivity contribution in [3.8, 4) is 11.5 Å². The minimum atomic E-state index is -0.443. The number of hydrogen-bond acceptors (Lipinski definition) is 5. The van der Waals surface area contributed by atoms with E-state index in [9.17, 15) is 19.6 Å². The number of halogens is 1. The number of nitrogens with zero attached hydrogens (tertiary/aromatic N) is 1. The Labute approximate surface area is 144 Å². The van der Waals surface area contributed by atoms with Crippen LogP contribution in [0.4, 0.5) is 15.8 Å². The topological polar surface area (TPSA) is 84.6 Å². The van der Waals surface area contributed by atoms with Crippen molar-refractivity contribution >= 4 is 11.4 Å². The summed E-state index contributed by atoms with van der Waals surface area (Å²) in [7, 11) is 0. The first-order valence-corrected chi connectivity index (χ1v) is 8.18. The first kappa shape index (κ1) is 17.2. The second-order valence-corrected chi connectivity index (χ2v) is 6.14. The van der Waals surface area contributed by atoms with Gasteiger partial charge in [0.25, 0.3) is 5.69 Å². The second-order valence-electron chi connectivity index (χ2n) is 6.14. The van der Waals surface area contributed by atoms with E-state index in [0.29, 0.717) is 30.0 Å². The summed E-state index contributed by atoms with van der Waals surface area (Å²) >= 11 is 0. The maximum absolute atomic E-state index is 13.0. The highest BCUT2D eigenvalue weighted by atomic mass is 19.1. The van der Waals surface area contributed by atoms with E-state index in [1.165, 1.54) is 36.4 Å². The van der Waals surface area contributed by atoms with Crippen LogP contribution in [0.5, 0.6) is 11.5 Å². The van der Waals surface area contributed by atoms with Gasteiger partial charge in [-0.3, -0.25) is 10.1 Å². The molecule has 1 saturated carbocycles. The van der Waals surface area contributed by atoms with E-state index in [1.54, 1.807) is 6.07 Å². The van der Waals surface area contributed by atoms with Crippen molar-refractivity contribution in [1.29, 1.82) is 0 Å². The first-order chi connectivity index (χ1) is 12.0. The molecule has 0 atom stereocenters. The molecule has 2 N–H and O–H groups in total. The predicted molar refractivity (Wildman–Crippen MR) is 91.5 cm³/mol. The molecule has 0 unspecified atom stereocenters. The lowest BCUT2D eigenvalue weighted by Gasteiger charge is -2.27. The number of anilines is 1. The number of aliphatic hydroxyl groups is 1. The van der Waals surface area contributed by atoms with E-state index in [-0.39, 0.29) is 23.7 Å². The Balaban J connectivity index is 1.79. The molecule has 2 aromatic rings. The van der Waals surface area contributed by atoms with Gasteiger partial charge >= 0.3 is 0 Å². The minimum Gasteiger partial charge on any atom is -0.457 e. The van der Waals surface area contributed by atoms with Crippen molar-refractivity contribution in [3.63, 3.8) is 0 Å². The molecule has 0 saturated heterocycles. The summed E-state index contributed by atoms with van der Waals surface area (Å²) in [4.78, 5) is 10.8. The summed E-state index contributed by atoms with van der Waals surface area (Å²) in [5.74, 6) is 0.510. The maximum Gasteiger partial charge on any atom is 0.292 e. The Hall–Kier alpha value is -2.67. The molecule has 0 aromatic heterocycles. The van der Waals surface area contributed by atoms with Gasteiger partial charge < -0.3 is 15.2 Å². The molecule has 0 radical (unpaired) electrons. The number of hydrogen-bond donors (Lipinski definition) is 2. The van der Waals surface area contributed by atoms with Crippen LogP contribution in [-0.2, 0) is 0 Å². The Morgan fingerprint density at radius 3 is 2.36 bits per heavy atom. The fourth-order valence-corrected chi connectivity index (χ4v) is 2.93. The highest BCUT2D eigenvalue weighted by Gasteiger charge is 2.23. The van der Waals surface area contributed by atoms with Gasteiger partial charge in [-0.1, -0.05) is 0 Å². The molecule has 1 aliphatic carbocycles. The lowest BCUT2D eigenvalue weighted by molar-refractivity contribution is -0.384. The van der Waals surface area contributed by atoms with Crippen molar-refractivity contribution < 1.29 is 19.2 Å². The van der Waals surface area contributed by atoms with E-state index < -0.39 is 4.92 Å². The summed E-state index contributed by atoms with van der Waals surface area (Å²) in [6.45, 7) is 0. The minimum absolute atomic E-state index is 0.0300. The van der Waals surface area contributed by atoms with Gasteiger partial charge in [0.15, 0.2) is 0 Å². The van der Waals surface area contributed by atoms with E-state index in [2.05, 4.69) is 5.32 Å². The van der Waals surface area contributed by atoms with Crippen molar-refractivity contribution in [1.82, 2.24) is 0 Å². The van der Waals surface area contributed by atoms with Gasteiger partial charge in [-0.05, 0) is 56.0 Å². The Morgan fingerprint density at radius 1 is 1.08 bits per heavy atom. The van der Waals surface area contributed by atoms with Crippen LogP contribution < -0.4 is 10.1 Å². The van der Waals surface area contributed by atoms with Gasteiger partial charge in [0.2, 0.25) is 0 Å². The van der Waals surface area contributed by atoms with Crippen molar-refractivity contribution in [2.75, 3.05) is 5.32 Å². The fraction of sp³-hybridized carbons (Fsp3) is 0.333. The van der Waals surface area contributed by atoms with Crippen LogP contribution in [0.1, 0.15) is 25.7 Å². The number of nitro benzene ring substituents is 1. The second kappa shape index (κ2) is 7.48. The van der Waals surface area contributed by atoms with Gasteiger partial charge in [-0.25, -0.2) is 4.39 Å². The monoisotopic (exact) mass is 346 g/mol. The standard InChI is InChI=1S/C18H19FN2O4/c19-12-1-7-15(8-2-12)25-16-9-10-18(21(23)24)17(11-16)20-13-3-5-14(22)6-4-13/h1-2,7-11,13-14,20,22H,3-6H2/t13-,14+. The van der Waals surface area contributed by atoms with Gasteiger partial charge in [-0.2, -0.15) is 0 Å². The number of nitrogens with one attached hydrogen (secondary N) is 1. The smallest absolute Gasteiger partial charge is 0.292 e. The molecular weight excluding hydrogens is 327 g/mol. The summed E-state index contributed by atoms with van der Waals surface area (Å²) in [5, 5.41) is 24.0. The molecule has 0 bridgehead atoms. The van der Waals surface area contributed by atoms with E-state index in [4.69, 9.17) is 4.74 Å². The highest BCUT2D eigenvalue weighted by Crippen LogP contribution is 2.33. The molecule has 3 rings (SSSR count). The van der Waals surface area contributed by atoms with Crippen LogP contribution in [0.15, 0.2) is 42.5 Å². The molecule has 0 spiro atoms. The third-order valence-corrected chi connectivity index (χ3v) is 4.27. The summed E-state index contributed by atoms with van der Waals surface area (Å²) < 4.78 is 18.6. The number of aliphatic hydroxyl groups excluding tert-OH is 1. The van der Waals surface area contributed by atoms with E-state index in [1.807, 2.05) is 0 Å². The Morgan fingerprint density at radius 2 is 1.72 bits per heavy atom. The Kier molecular flexibility index (Phi) is 5.14. The molecule has 0 heterocycles. The summed E-state index contributed by atoms with van der Waals surface area (Å²) in [5.41, 5.74) is 0.351. The highest BCUT2D eigenvalue weighted by molar-refractivity contribution is 5.65. The third kappa shape index (κ3) is 4.45. The van der Waals surface area contributed by atoms with Crippen molar-refractivity contribution in [3.05, 3.63) is 58.4 Å². The number of ether oxygens (including phenoxy) is 1. The first-order valence-electron chi connectivity index (χ1n) is 8.18. The molecule has 2 aromatic carbocycles. The zero-order valence-corrected chi connectivity index (χ0v) is 13.5. The lowest BCUT2D eigenvalue weighted by Crippen LogP contribution is -2.28. The van der Waals surface area contributed by atoms with Crippen LogP contribution in [0.25, 0.3) is 0 Å². The average Bonchev–Trinajstić information content (AvgIpc) is 2.59. The SMILES string of the molecule is O=[N+]([O-])c1ccc(Oc2ccc(F)cc2)cc1N[C@H]1CC[C@@H](O)CC1. The van der Waals surface area contributed by atoms with Crippen molar-refractivity contribution in [2.45, 2.75) is 37.8 Å². The van der Waals surface area contributed by atoms with Crippen LogP contribution >= 0.6 is 0 Å². The van der Waals surface area contributed by atoms with Crippen molar-refractivity contribution in [2.24, 2.45) is 0 Å². The quantitative estimate of drug-likeness (QED) is 0.625. The fourth-order valence-electron chi connectivity index (χ4n) is 2.93. The van der Waals surface area contributed by atoms with Crippen LogP contribution in [0.3, 0.4) is 0 Å². The van der Waals surface area contributed by atoms with Crippen LogP contribution in [-0.4, -0.2) is 22.2 Å². The number of nitro groups is 1. The van der Waals surface area contributed by atoms with Gasteiger partial charge in [0.05, 0.1) is 11.0 Å². The lowest BCUT2D eigenvalue weighted by atomic mass is 9.93. The van der Waals surface area contributed by atoms with Gasteiger partial charge in [0.1, 0.15) is 23.0 Å². The average molecular weight is 346 g/mol. The normalized spacial score (nSPS) is 20.1. The molecule has 6 nitrogen and oxygen atoms in total. The molecule has 1 aliphatic rings. The number of benzene rings is 2. The molecule has 0 amide bonds. The van der Waals surface area contributed by atoms with Gasteiger partial charge in [-0.15, -0.1) is 0 Å². The molecule has 25 heavy (non-hydrogen) atoms. The van der Waals surface area contributed by atoms with Crippen LogP contribution in [0, 0.1) is 15.9 Å². The van der Waals surface area contributed by atoms with E-state index >= 15 is 0 Å². The molecule has 132 valence electrons. The zero-order valence-electron chi connectivity index (χ0n) is 13.5. The largest absolute Gasteiger partial charge is 0.457 e. The predicted octanol–water partition coefficient (Wildman–Crippen LogP) is 4.24. The molecular formula is C18H19FN2O4. The maximum atomic E-state index is 13.0. The molecule has 1 fully saturated rings. The van der Waals surface area contributed by atoms with Crippen LogP contribution in [0.2, 0.25) is 0 Å². The molecule has 0 aliphatic heterocycles. The third-order valence-electron chi connectivity index (χ3n) is 4.27. The van der Waals surface area contributed by atoms with E-state index in [0.717, 1.165) is 12.8 Å².